The molecule has 16 heteroatoms. The van der Waals surface area contributed by atoms with Gasteiger partial charge in [-0.1, -0.05) is 6.07 Å². The lowest BCUT2D eigenvalue weighted by atomic mass is 10.3. The molecule has 1 aromatic carbocycles. The third kappa shape index (κ3) is 6.71. The van der Waals surface area contributed by atoms with Crippen LogP contribution in [0, 0.1) is 0 Å². The van der Waals surface area contributed by atoms with E-state index in [1.165, 1.54) is 11.7 Å². The van der Waals surface area contributed by atoms with E-state index in [-0.39, 0.29) is 23.4 Å². The highest BCUT2D eigenvalue weighted by atomic mass is 19.3. The number of nitrogens with one attached hydrogen (secondary N) is 1. The van der Waals surface area contributed by atoms with Crippen molar-refractivity contribution < 1.29 is 27.7 Å². The van der Waals surface area contributed by atoms with Gasteiger partial charge in [0.1, 0.15) is 11.3 Å². The summed E-state index contributed by atoms with van der Waals surface area (Å²) in [7, 11) is 1.46. The van der Waals surface area contributed by atoms with Gasteiger partial charge < -0.3 is 29.2 Å². The van der Waals surface area contributed by atoms with Crippen molar-refractivity contribution in [1.82, 2.24) is 39.4 Å². The Kier molecular flexibility index (Phi) is 8.95. The second-order valence-corrected chi connectivity index (χ2v) is 9.83. The molecule has 43 heavy (non-hydrogen) atoms. The van der Waals surface area contributed by atoms with Gasteiger partial charge in [0.2, 0.25) is 17.8 Å². The van der Waals surface area contributed by atoms with E-state index in [0.29, 0.717) is 55.8 Å². The number of halogens is 2. The molecular formula is C27H32F2N10O4. The lowest BCUT2D eigenvalue weighted by Gasteiger charge is -2.27. The third-order valence-corrected chi connectivity index (χ3v) is 7.03. The molecule has 2 aliphatic heterocycles. The van der Waals surface area contributed by atoms with Crippen LogP contribution in [-0.4, -0.2) is 112 Å². The Morgan fingerprint density at radius 2 is 1.65 bits per heavy atom. The summed E-state index contributed by atoms with van der Waals surface area (Å²) in [6.45, 7) is 6.81. The maximum atomic E-state index is 14.3. The summed E-state index contributed by atoms with van der Waals surface area (Å²) in [4.78, 5) is 30.6. The second-order valence-electron chi connectivity index (χ2n) is 9.83. The molecule has 2 saturated heterocycles. The highest BCUT2D eigenvalue weighted by Gasteiger charge is 2.26. The molecule has 5 heterocycles. The van der Waals surface area contributed by atoms with E-state index < -0.39 is 12.2 Å². The zero-order chi connectivity index (χ0) is 29.6. The van der Waals surface area contributed by atoms with Crippen molar-refractivity contribution in [2.75, 3.05) is 83.1 Å². The molecule has 3 aromatic heterocycles. The third-order valence-electron chi connectivity index (χ3n) is 7.03. The average Bonchev–Trinajstić information content (AvgIpc) is 3.45. The summed E-state index contributed by atoms with van der Waals surface area (Å²) in [5.41, 5.74) is 1.13. The van der Waals surface area contributed by atoms with Crippen LogP contribution in [0.15, 0.2) is 30.6 Å². The van der Waals surface area contributed by atoms with Crippen molar-refractivity contribution in [3.63, 3.8) is 0 Å². The van der Waals surface area contributed by atoms with Crippen LogP contribution >= 0.6 is 0 Å². The number of rotatable bonds is 11. The minimum absolute atomic E-state index is 0.0221. The molecular weight excluding hydrogens is 566 g/mol. The maximum Gasteiger partial charge on any atom is 0.316 e. The molecule has 0 bridgehead atoms. The second kappa shape index (κ2) is 13.4. The Morgan fingerprint density at radius 3 is 2.37 bits per heavy atom. The van der Waals surface area contributed by atoms with Crippen LogP contribution in [0.25, 0.3) is 17.0 Å². The van der Waals surface area contributed by atoms with Crippen LogP contribution in [0.2, 0.25) is 0 Å². The Labute approximate surface area is 246 Å². The summed E-state index contributed by atoms with van der Waals surface area (Å²) in [6, 6.07) is 5.27. The molecule has 0 aliphatic carbocycles. The number of nitrogens with zero attached hydrogens (tertiary/aromatic N) is 9. The van der Waals surface area contributed by atoms with Gasteiger partial charge >= 0.3 is 6.01 Å². The van der Waals surface area contributed by atoms with Crippen molar-refractivity contribution in [3.8, 4) is 17.7 Å². The van der Waals surface area contributed by atoms with Crippen LogP contribution in [0.5, 0.6) is 11.8 Å². The first kappa shape index (κ1) is 28.8. The van der Waals surface area contributed by atoms with Crippen molar-refractivity contribution in [2.24, 2.45) is 0 Å². The van der Waals surface area contributed by atoms with E-state index in [0.717, 1.165) is 39.3 Å². The predicted molar refractivity (Wildman–Crippen MR) is 152 cm³/mol. The summed E-state index contributed by atoms with van der Waals surface area (Å²) < 4.78 is 51.7. The number of hydrogen-bond donors (Lipinski definition) is 1. The minimum atomic E-state index is -2.90. The molecule has 0 spiro atoms. The Balaban J connectivity index is 1.25. The minimum Gasteiger partial charge on any atom is -0.494 e. The van der Waals surface area contributed by atoms with Crippen molar-refractivity contribution in [3.05, 3.63) is 36.4 Å². The van der Waals surface area contributed by atoms with E-state index in [1.54, 1.807) is 30.6 Å². The number of anilines is 3. The highest BCUT2D eigenvalue weighted by molar-refractivity contribution is 5.84. The highest BCUT2D eigenvalue weighted by Crippen LogP contribution is 2.32. The lowest BCUT2D eigenvalue weighted by molar-refractivity contribution is 0.0356. The summed E-state index contributed by atoms with van der Waals surface area (Å²) in [5.74, 6) is 0.259. The topological polar surface area (TPSA) is 138 Å². The van der Waals surface area contributed by atoms with E-state index in [2.05, 4.69) is 40.1 Å². The largest absolute Gasteiger partial charge is 0.494 e. The molecule has 0 radical (unpaired) electrons. The van der Waals surface area contributed by atoms with E-state index in [9.17, 15) is 8.78 Å². The van der Waals surface area contributed by atoms with Gasteiger partial charge in [0, 0.05) is 32.7 Å². The molecule has 14 nitrogen and oxygen atoms in total. The zero-order valence-corrected chi connectivity index (χ0v) is 23.7. The SMILES string of the molecule is COc1cccc2c1nc(C(F)F)n2-c1nc(Nc2cnc(OCCCN3CCOCC3)nc2)nc(N2CCOCC2)n1. The molecule has 0 atom stereocenters. The first-order chi connectivity index (χ1) is 21.1. The Morgan fingerprint density at radius 1 is 0.930 bits per heavy atom. The standard InChI is InChI=1S/C27H32F2N10O4/c1-40-20-5-2-4-19-21(20)33-23(22(28)29)39(19)26-35-24(34-25(36-26)38-9-14-42-15-10-38)32-18-16-30-27(31-17-18)43-11-3-6-37-7-12-41-13-8-37/h2,4-5,16-17,22H,3,6-15H2,1H3,(H,32,34,35,36). The first-order valence-corrected chi connectivity index (χ1v) is 14.0. The molecule has 2 fully saturated rings. The number of morpholine rings is 2. The number of para-hydroxylation sites is 1. The summed E-state index contributed by atoms with van der Waals surface area (Å²) in [5, 5.41) is 3.08. The van der Waals surface area contributed by atoms with E-state index in [1.807, 2.05) is 4.90 Å². The first-order valence-electron chi connectivity index (χ1n) is 14.0. The van der Waals surface area contributed by atoms with Crippen LogP contribution in [0.3, 0.4) is 0 Å². The molecule has 228 valence electrons. The number of benzene rings is 1. The Bertz CT molecular complexity index is 1510. The smallest absolute Gasteiger partial charge is 0.316 e. The number of hydrogen-bond acceptors (Lipinski definition) is 13. The van der Waals surface area contributed by atoms with Gasteiger partial charge in [-0.2, -0.15) is 15.0 Å². The van der Waals surface area contributed by atoms with Gasteiger partial charge in [0.25, 0.3) is 6.43 Å². The number of fused-ring (bicyclic) bond motifs is 1. The lowest BCUT2D eigenvalue weighted by Crippen LogP contribution is -2.37. The fourth-order valence-corrected chi connectivity index (χ4v) is 4.89. The van der Waals surface area contributed by atoms with Crippen LogP contribution < -0.4 is 19.7 Å². The number of methoxy groups -OCH3 is 1. The zero-order valence-electron chi connectivity index (χ0n) is 23.7. The molecule has 2 aliphatic rings. The van der Waals surface area contributed by atoms with Gasteiger partial charge in [0.05, 0.1) is 63.7 Å². The van der Waals surface area contributed by atoms with Gasteiger partial charge in [-0.3, -0.25) is 9.47 Å². The van der Waals surface area contributed by atoms with Gasteiger partial charge in [-0.15, -0.1) is 0 Å². The predicted octanol–water partition coefficient (Wildman–Crippen LogP) is 2.63. The van der Waals surface area contributed by atoms with Gasteiger partial charge in [0.15, 0.2) is 5.82 Å². The van der Waals surface area contributed by atoms with E-state index in [4.69, 9.17) is 18.9 Å². The number of imidazole rings is 1. The van der Waals surface area contributed by atoms with Crippen LogP contribution in [0.4, 0.5) is 26.4 Å². The Hall–Kier alpha value is -4.28. The number of alkyl halides is 2. The summed E-state index contributed by atoms with van der Waals surface area (Å²) in [6.07, 6.45) is 1.04. The molecule has 0 unspecified atom stereocenters. The van der Waals surface area contributed by atoms with Crippen LogP contribution in [-0.2, 0) is 9.47 Å². The summed E-state index contributed by atoms with van der Waals surface area (Å²) >= 11 is 0. The fraction of sp³-hybridized carbons (Fsp3) is 0.481. The van der Waals surface area contributed by atoms with E-state index >= 15 is 0 Å². The molecule has 0 amide bonds. The fourth-order valence-electron chi connectivity index (χ4n) is 4.89. The molecule has 6 rings (SSSR count). The maximum absolute atomic E-state index is 14.3. The van der Waals surface area contributed by atoms with Crippen molar-refractivity contribution in [1.29, 1.82) is 0 Å². The molecule has 4 aromatic rings. The monoisotopic (exact) mass is 598 g/mol. The van der Waals surface area contributed by atoms with Crippen LogP contribution in [0.1, 0.15) is 18.7 Å². The quantitative estimate of drug-likeness (QED) is 0.254. The van der Waals surface area contributed by atoms with Crippen molar-refractivity contribution >= 4 is 28.6 Å². The number of ether oxygens (including phenoxy) is 4. The van der Waals surface area contributed by atoms with Gasteiger partial charge in [-0.25, -0.2) is 23.7 Å². The van der Waals surface area contributed by atoms with Gasteiger partial charge in [-0.05, 0) is 18.6 Å². The normalized spacial score (nSPS) is 16.1. The average molecular weight is 599 g/mol. The molecule has 1 N–H and O–H groups in total. The number of aromatic nitrogens is 7. The van der Waals surface area contributed by atoms with Crippen molar-refractivity contribution in [2.45, 2.75) is 12.8 Å². The molecule has 0 saturated carbocycles.